The molecule has 1 heterocycles. The molecule has 160 valence electrons. The highest BCUT2D eigenvalue weighted by Crippen LogP contribution is 2.66. The molecule has 0 aromatic rings. The minimum Gasteiger partial charge on any atom is -0.463 e. The van der Waals surface area contributed by atoms with E-state index in [0.717, 1.165) is 18.4 Å². The lowest BCUT2D eigenvalue weighted by molar-refractivity contribution is -0.137. The standard InChI is InChI=1S/C23H40O4Si/c1-11-25-19(24)14-17(2)12-13-23-21(6,7)15-18(16-22(23,8)27-23)26-28(9,10)20(3,4)5/h12-14,18H,11,15-16H2,1-10H3/b13-12+,17-14+/t18-,22+,23-/m0/s1. The van der Waals surface area contributed by atoms with Crippen LogP contribution in [0.3, 0.4) is 0 Å². The molecule has 0 unspecified atom stereocenters. The summed E-state index contributed by atoms with van der Waals surface area (Å²) < 4.78 is 18.2. The molecule has 2 fully saturated rings. The van der Waals surface area contributed by atoms with Gasteiger partial charge in [0, 0.05) is 24.0 Å². The lowest BCUT2D eigenvalue weighted by atomic mass is 9.63. The van der Waals surface area contributed by atoms with Crippen molar-refractivity contribution in [2.45, 2.75) is 104 Å². The molecule has 1 saturated carbocycles. The van der Waals surface area contributed by atoms with Crippen LogP contribution in [-0.4, -0.2) is 38.2 Å². The molecule has 0 amide bonds. The fourth-order valence-corrected chi connectivity index (χ4v) is 5.74. The van der Waals surface area contributed by atoms with Crippen LogP contribution in [0, 0.1) is 5.41 Å². The molecule has 2 aliphatic rings. The van der Waals surface area contributed by atoms with Crippen LogP contribution < -0.4 is 0 Å². The van der Waals surface area contributed by atoms with E-state index in [0.29, 0.717) is 6.61 Å². The van der Waals surface area contributed by atoms with Gasteiger partial charge in [-0.2, -0.15) is 0 Å². The lowest BCUT2D eigenvalue weighted by Gasteiger charge is -2.45. The number of fused-ring (bicyclic) bond motifs is 1. The molecule has 28 heavy (non-hydrogen) atoms. The maximum Gasteiger partial charge on any atom is 0.330 e. The van der Waals surface area contributed by atoms with Crippen LogP contribution in [0.25, 0.3) is 0 Å². The number of ether oxygens (including phenoxy) is 2. The van der Waals surface area contributed by atoms with E-state index in [2.05, 4.69) is 60.7 Å². The summed E-state index contributed by atoms with van der Waals surface area (Å²) in [5.41, 5.74) is 0.300. The number of rotatable bonds is 6. The second-order valence-electron chi connectivity index (χ2n) is 10.8. The summed E-state index contributed by atoms with van der Waals surface area (Å²) in [6.45, 7) is 22.4. The van der Waals surface area contributed by atoms with Gasteiger partial charge in [0.2, 0.25) is 0 Å². The Morgan fingerprint density at radius 1 is 1.21 bits per heavy atom. The van der Waals surface area contributed by atoms with Gasteiger partial charge in [-0.15, -0.1) is 0 Å². The van der Waals surface area contributed by atoms with Crippen molar-refractivity contribution >= 4 is 14.3 Å². The minimum absolute atomic E-state index is 0.0479. The Balaban J connectivity index is 2.17. The van der Waals surface area contributed by atoms with Crippen molar-refractivity contribution in [1.82, 2.24) is 0 Å². The van der Waals surface area contributed by atoms with Gasteiger partial charge in [-0.05, 0) is 57.0 Å². The largest absolute Gasteiger partial charge is 0.463 e. The van der Waals surface area contributed by atoms with Gasteiger partial charge in [0.15, 0.2) is 8.32 Å². The van der Waals surface area contributed by atoms with Gasteiger partial charge in [-0.25, -0.2) is 4.79 Å². The van der Waals surface area contributed by atoms with Crippen molar-refractivity contribution in [1.29, 1.82) is 0 Å². The predicted molar refractivity (Wildman–Crippen MR) is 117 cm³/mol. The summed E-state index contributed by atoms with van der Waals surface area (Å²) in [4.78, 5) is 11.7. The minimum atomic E-state index is -1.82. The third-order valence-electron chi connectivity index (χ3n) is 6.97. The average Bonchev–Trinajstić information content (AvgIpc) is 3.10. The van der Waals surface area contributed by atoms with E-state index in [1.807, 2.05) is 19.9 Å². The summed E-state index contributed by atoms with van der Waals surface area (Å²) in [6, 6.07) is 0. The second-order valence-corrected chi connectivity index (χ2v) is 15.6. The SMILES string of the molecule is CCOC(=O)/C=C(C)/C=C/[C@@]12O[C@]1(C)C[C@@H](O[Si](C)(C)C(C)(C)C)CC2(C)C. The fraction of sp³-hybridized carbons (Fsp3) is 0.783. The Bertz CT molecular complexity index is 671. The van der Waals surface area contributed by atoms with Crippen molar-refractivity contribution < 1.29 is 18.7 Å². The Kier molecular flexibility index (Phi) is 6.18. The monoisotopic (exact) mass is 408 g/mol. The van der Waals surface area contributed by atoms with Crippen molar-refractivity contribution in [2.24, 2.45) is 5.41 Å². The number of carbonyl (C=O) groups is 1. The predicted octanol–water partition coefficient (Wildman–Crippen LogP) is 5.79. The van der Waals surface area contributed by atoms with Crippen LogP contribution in [0.15, 0.2) is 23.8 Å². The molecular weight excluding hydrogens is 368 g/mol. The fourth-order valence-electron chi connectivity index (χ4n) is 4.38. The molecule has 4 nitrogen and oxygen atoms in total. The van der Waals surface area contributed by atoms with Crippen LogP contribution in [0.2, 0.25) is 18.1 Å². The highest BCUT2D eigenvalue weighted by atomic mass is 28.4. The summed E-state index contributed by atoms with van der Waals surface area (Å²) in [6.07, 6.45) is 7.80. The van der Waals surface area contributed by atoms with Gasteiger partial charge in [-0.1, -0.05) is 40.7 Å². The van der Waals surface area contributed by atoms with E-state index < -0.39 is 8.32 Å². The Morgan fingerprint density at radius 3 is 2.32 bits per heavy atom. The van der Waals surface area contributed by atoms with Gasteiger partial charge >= 0.3 is 5.97 Å². The molecule has 1 aliphatic carbocycles. The van der Waals surface area contributed by atoms with Crippen LogP contribution in [0.1, 0.15) is 68.2 Å². The van der Waals surface area contributed by atoms with Crippen LogP contribution >= 0.6 is 0 Å². The first kappa shape index (κ1) is 23.4. The maximum atomic E-state index is 11.7. The van der Waals surface area contributed by atoms with E-state index in [-0.39, 0.29) is 33.7 Å². The highest BCUT2D eigenvalue weighted by Gasteiger charge is 2.75. The number of epoxide rings is 1. The van der Waals surface area contributed by atoms with Gasteiger partial charge in [0.05, 0.1) is 6.61 Å². The molecule has 5 heteroatoms. The number of carbonyl (C=O) groups excluding carboxylic acids is 1. The molecule has 1 aliphatic heterocycles. The highest BCUT2D eigenvalue weighted by molar-refractivity contribution is 6.74. The maximum absolute atomic E-state index is 11.7. The summed E-state index contributed by atoms with van der Waals surface area (Å²) >= 11 is 0. The van der Waals surface area contributed by atoms with E-state index in [1.54, 1.807) is 0 Å². The molecule has 0 aromatic carbocycles. The summed E-state index contributed by atoms with van der Waals surface area (Å²) in [7, 11) is -1.82. The normalized spacial score (nSPS) is 32.9. The van der Waals surface area contributed by atoms with Gasteiger partial charge in [0.25, 0.3) is 0 Å². The van der Waals surface area contributed by atoms with Gasteiger partial charge < -0.3 is 13.9 Å². The third kappa shape index (κ3) is 4.31. The zero-order chi connectivity index (χ0) is 21.6. The van der Waals surface area contributed by atoms with Crippen molar-refractivity contribution in [3.63, 3.8) is 0 Å². The molecular formula is C23H40O4Si. The average molecular weight is 409 g/mol. The Labute approximate surface area is 172 Å². The van der Waals surface area contributed by atoms with Crippen LogP contribution in [0.5, 0.6) is 0 Å². The molecule has 0 radical (unpaired) electrons. The molecule has 2 rings (SSSR count). The Hall–Kier alpha value is -0.913. The lowest BCUT2D eigenvalue weighted by Crippen LogP contribution is -2.51. The zero-order valence-electron chi connectivity index (χ0n) is 19.6. The molecule has 1 saturated heterocycles. The number of esters is 1. The first-order valence-electron chi connectivity index (χ1n) is 10.5. The summed E-state index contributed by atoms with van der Waals surface area (Å²) in [5, 5.41) is 0.200. The quantitative estimate of drug-likeness (QED) is 0.183. The number of allylic oxidation sites excluding steroid dienone is 2. The third-order valence-corrected chi connectivity index (χ3v) is 11.5. The Morgan fingerprint density at radius 2 is 1.82 bits per heavy atom. The van der Waals surface area contributed by atoms with E-state index in [9.17, 15) is 4.79 Å². The van der Waals surface area contributed by atoms with Crippen molar-refractivity contribution in [2.75, 3.05) is 6.61 Å². The summed E-state index contributed by atoms with van der Waals surface area (Å²) in [5.74, 6) is -0.299. The second kappa shape index (κ2) is 7.40. The molecule has 0 bridgehead atoms. The first-order chi connectivity index (χ1) is 12.6. The molecule has 0 spiro atoms. The molecule has 0 N–H and O–H groups in total. The smallest absolute Gasteiger partial charge is 0.330 e. The van der Waals surface area contributed by atoms with E-state index in [4.69, 9.17) is 13.9 Å². The number of hydrogen-bond donors (Lipinski definition) is 0. The van der Waals surface area contributed by atoms with E-state index >= 15 is 0 Å². The van der Waals surface area contributed by atoms with Gasteiger partial charge in [-0.3, -0.25) is 0 Å². The topological polar surface area (TPSA) is 48.1 Å². The van der Waals surface area contributed by atoms with Crippen molar-refractivity contribution in [3.05, 3.63) is 23.8 Å². The van der Waals surface area contributed by atoms with Gasteiger partial charge in [0.1, 0.15) is 11.2 Å². The van der Waals surface area contributed by atoms with Crippen LogP contribution in [0.4, 0.5) is 0 Å². The molecule has 3 atom stereocenters. The zero-order valence-corrected chi connectivity index (χ0v) is 20.6. The van der Waals surface area contributed by atoms with E-state index in [1.165, 1.54) is 6.08 Å². The van der Waals surface area contributed by atoms with Crippen LogP contribution in [-0.2, 0) is 18.7 Å². The molecule has 0 aromatic heterocycles. The van der Waals surface area contributed by atoms with Crippen molar-refractivity contribution in [3.8, 4) is 0 Å². The first-order valence-corrected chi connectivity index (χ1v) is 13.4. The number of hydrogen-bond acceptors (Lipinski definition) is 4.